The molecule has 31 heavy (non-hydrogen) atoms. The van der Waals surface area contributed by atoms with Crippen LogP contribution in [-0.4, -0.2) is 56.8 Å². The molecule has 1 saturated heterocycles. The third-order valence-electron chi connectivity index (χ3n) is 5.71. The van der Waals surface area contributed by atoms with Crippen LogP contribution >= 0.6 is 0 Å². The lowest BCUT2D eigenvalue weighted by Gasteiger charge is -2.19. The van der Waals surface area contributed by atoms with Crippen molar-refractivity contribution in [2.24, 2.45) is 0 Å². The van der Waals surface area contributed by atoms with E-state index in [-0.39, 0.29) is 17.3 Å². The maximum Gasteiger partial charge on any atom is 0.251 e. The number of benzene rings is 2. The summed E-state index contributed by atoms with van der Waals surface area (Å²) >= 11 is 0. The normalized spacial score (nSPS) is 15.5. The molecule has 1 amide bonds. The van der Waals surface area contributed by atoms with Gasteiger partial charge in [0.15, 0.2) is 0 Å². The average molecular weight is 444 g/mol. The van der Waals surface area contributed by atoms with Crippen molar-refractivity contribution >= 4 is 15.9 Å². The lowest BCUT2D eigenvalue weighted by molar-refractivity contribution is 0.0951. The molecule has 0 atom stereocenters. The monoisotopic (exact) mass is 443 g/mol. The van der Waals surface area contributed by atoms with Gasteiger partial charge < -0.3 is 10.2 Å². The Balaban J connectivity index is 1.46. The van der Waals surface area contributed by atoms with Crippen LogP contribution in [0.3, 0.4) is 0 Å². The molecule has 0 aliphatic carbocycles. The highest BCUT2D eigenvalue weighted by Gasteiger charge is 2.20. The zero-order valence-electron chi connectivity index (χ0n) is 18.3. The highest BCUT2D eigenvalue weighted by atomic mass is 32.2. The van der Waals surface area contributed by atoms with E-state index in [1.165, 1.54) is 43.1 Å². The number of likely N-dealkylation sites (tertiary alicyclic amines) is 1. The van der Waals surface area contributed by atoms with Crippen LogP contribution in [0.1, 0.15) is 48.0 Å². The fraction of sp³-hybridized carbons (Fsp3) is 0.458. The van der Waals surface area contributed by atoms with Gasteiger partial charge in [-0.2, -0.15) is 4.31 Å². The van der Waals surface area contributed by atoms with Crippen molar-refractivity contribution in [3.63, 3.8) is 0 Å². The summed E-state index contributed by atoms with van der Waals surface area (Å²) in [4.78, 5) is 15.2. The zero-order valence-corrected chi connectivity index (χ0v) is 19.1. The van der Waals surface area contributed by atoms with Gasteiger partial charge in [-0.25, -0.2) is 8.42 Å². The molecule has 1 N–H and O–H groups in total. The summed E-state index contributed by atoms with van der Waals surface area (Å²) in [6, 6.07) is 15.5. The molecule has 2 aromatic carbocycles. The Morgan fingerprint density at radius 2 is 1.61 bits per heavy atom. The summed E-state index contributed by atoms with van der Waals surface area (Å²) < 4.78 is 26.6. The van der Waals surface area contributed by atoms with E-state index in [4.69, 9.17) is 0 Å². The molecule has 0 saturated carbocycles. The van der Waals surface area contributed by atoms with E-state index in [0.717, 1.165) is 18.5 Å². The maximum atomic E-state index is 12.7. The zero-order chi connectivity index (χ0) is 22.1. The number of nitrogens with one attached hydrogen (secondary N) is 1. The van der Waals surface area contributed by atoms with Gasteiger partial charge in [-0.15, -0.1) is 0 Å². The molecule has 168 valence electrons. The SMILES string of the molecule is CN(Cc1ccc(C(=O)NCCCN2CCCCCC2)cc1)S(=O)(=O)c1ccccc1. The molecular weight excluding hydrogens is 410 g/mol. The van der Waals surface area contributed by atoms with Gasteiger partial charge in [0.2, 0.25) is 10.0 Å². The second-order valence-electron chi connectivity index (χ2n) is 8.14. The van der Waals surface area contributed by atoms with Gasteiger partial charge in [0.25, 0.3) is 5.91 Å². The minimum atomic E-state index is -3.54. The third kappa shape index (κ3) is 6.89. The predicted octanol–water partition coefficient (Wildman–Crippen LogP) is 3.50. The quantitative estimate of drug-likeness (QED) is 0.602. The first-order valence-corrected chi connectivity index (χ1v) is 12.5. The summed E-state index contributed by atoms with van der Waals surface area (Å²) in [6.07, 6.45) is 6.17. The average Bonchev–Trinajstić information content (AvgIpc) is 3.06. The second-order valence-corrected chi connectivity index (χ2v) is 10.2. The first kappa shape index (κ1) is 23.4. The Hall–Kier alpha value is -2.22. The standard InChI is InChI=1S/C24H33N3O3S/c1-26(31(29,30)23-10-5-4-6-11-23)20-21-12-14-22(15-13-21)24(28)25-16-9-19-27-17-7-2-3-8-18-27/h4-6,10-15H,2-3,7-9,16-20H2,1H3,(H,25,28). The second kappa shape index (κ2) is 11.4. The van der Waals surface area contributed by atoms with E-state index < -0.39 is 10.0 Å². The summed E-state index contributed by atoms with van der Waals surface area (Å²) in [6.45, 7) is 4.28. The first-order valence-electron chi connectivity index (χ1n) is 11.1. The molecule has 0 unspecified atom stereocenters. The number of sulfonamides is 1. The third-order valence-corrected chi connectivity index (χ3v) is 7.53. The molecule has 0 bridgehead atoms. The van der Waals surface area contributed by atoms with Crippen molar-refractivity contribution in [1.82, 2.24) is 14.5 Å². The largest absolute Gasteiger partial charge is 0.352 e. The van der Waals surface area contributed by atoms with Crippen LogP contribution in [0.2, 0.25) is 0 Å². The molecule has 0 radical (unpaired) electrons. The van der Waals surface area contributed by atoms with Crippen LogP contribution < -0.4 is 5.32 Å². The van der Waals surface area contributed by atoms with Gasteiger partial charge >= 0.3 is 0 Å². The summed E-state index contributed by atoms with van der Waals surface area (Å²) in [5.74, 6) is -0.0901. The van der Waals surface area contributed by atoms with Gasteiger partial charge in [-0.05, 0) is 68.7 Å². The fourth-order valence-corrected chi connectivity index (χ4v) is 5.02. The number of rotatable bonds is 9. The first-order chi connectivity index (χ1) is 15.0. The van der Waals surface area contributed by atoms with Crippen LogP contribution in [0.15, 0.2) is 59.5 Å². The lowest BCUT2D eigenvalue weighted by Crippen LogP contribution is -2.30. The summed E-state index contributed by atoms with van der Waals surface area (Å²) in [5.41, 5.74) is 1.42. The maximum absolute atomic E-state index is 12.7. The van der Waals surface area contributed by atoms with Crippen molar-refractivity contribution in [3.05, 3.63) is 65.7 Å². The number of nitrogens with zero attached hydrogens (tertiary/aromatic N) is 2. The van der Waals surface area contributed by atoms with Crippen LogP contribution in [0, 0.1) is 0 Å². The number of carbonyl (C=O) groups excluding carboxylic acids is 1. The summed E-state index contributed by atoms with van der Waals surface area (Å²) in [5, 5.41) is 2.99. The van der Waals surface area contributed by atoms with E-state index in [0.29, 0.717) is 12.1 Å². The van der Waals surface area contributed by atoms with Crippen molar-refractivity contribution in [2.45, 2.75) is 43.5 Å². The number of amides is 1. The molecular formula is C24H33N3O3S. The molecule has 3 rings (SSSR count). The number of carbonyl (C=O) groups is 1. The number of hydrogen-bond donors (Lipinski definition) is 1. The Bertz CT molecular complexity index is 922. The smallest absolute Gasteiger partial charge is 0.251 e. The topological polar surface area (TPSA) is 69.7 Å². The Kier molecular flexibility index (Phi) is 8.63. The van der Waals surface area contributed by atoms with Crippen molar-refractivity contribution in [2.75, 3.05) is 33.2 Å². The Morgan fingerprint density at radius 3 is 2.26 bits per heavy atom. The van der Waals surface area contributed by atoms with Crippen LogP contribution in [0.5, 0.6) is 0 Å². The molecule has 7 heteroatoms. The van der Waals surface area contributed by atoms with Gasteiger partial charge in [-0.3, -0.25) is 4.79 Å². The molecule has 1 aliphatic rings. The molecule has 2 aromatic rings. The number of hydrogen-bond acceptors (Lipinski definition) is 4. The molecule has 1 aliphatic heterocycles. The van der Waals surface area contributed by atoms with E-state index in [1.807, 2.05) is 12.1 Å². The summed E-state index contributed by atoms with van der Waals surface area (Å²) in [7, 11) is -1.98. The van der Waals surface area contributed by atoms with Gasteiger partial charge in [0.05, 0.1) is 4.90 Å². The Labute approximate surface area is 186 Å². The van der Waals surface area contributed by atoms with E-state index >= 15 is 0 Å². The van der Waals surface area contributed by atoms with Crippen LogP contribution in [0.25, 0.3) is 0 Å². The minimum Gasteiger partial charge on any atom is -0.352 e. The van der Waals surface area contributed by atoms with Crippen molar-refractivity contribution in [1.29, 1.82) is 0 Å². The molecule has 6 nitrogen and oxygen atoms in total. The van der Waals surface area contributed by atoms with Gasteiger partial charge in [0.1, 0.15) is 0 Å². The van der Waals surface area contributed by atoms with Gasteiger partial charge in [-0.1, -0.05) is 43.2 Å². The molecule has 1 fully saturated rings. The Morgan fingerprint density at radius 1 is 0.968 bits per heavy atom. The highest BCUT2D eigenvalue weighted by Crippen LogP contribution is 2.17. The minimum absolute atomic E-state index is 0.0901. The highest BCUT2D eigenvalue weighted by molar-refractivity contribution is 7.89. The van der Waals surface area contributed by atoms with Crippen molar-refractivity contribution < 1.29 is 13.2 Å². The lowest BCUT2D eigenvalue weighted by atomic mass is 10.1. The molecule has 1 heterocycles. The van der Waals surface area contributed by atoms with E-state index in [9.17, 15) is 13.2 Å². The van der Waals surface area contributed by atoms with Crippen LogP contribution in [0.4, 0.5) is 0 Å². The predicted molar refractivity (Wildman–Crippen MR) is 123 cm³/mol. The molecule has 0 aromatic heterocycles. The fourth-order valence-electron chi connectivity index (χ4n) is 3.84. The molecule has 0 spiro atoms. The van der Waals surface area contributed by atoms with Gasteiger partial charge in [0, 0.05) is 25.7 Å². The van der Waals surface area contributed by atoms with E-state index in [2.05, 4.69) is 10.2 Å². The van der Waals surface area contributed by atoms with Crippen LogP contribution in [-0.2, 0) is 16.6 Å². The van der Waals surface area contributed by atoms with Crippen molar-refractivity contribution in [3.8, 4) is 0 Å². The van der Waals surface area contributed by atoms with E-state index in [1.54, 1.807) is 49.5 Å².